The van der Waals surface area contributed by atoms with Crippen LogP contribution in [0.25, 0.3) is 0 Å². The van der Waals surface area contributed by atoms with Crippen LogP contribution in [0.3, 0.4) is 0 Å². The molecule has 1 aliphatic carbocycles. The van der Waals surface area contributed by atoms with Gasteiger partial charge in [0.2, 0.25) is 5.91 Å². The fourth-order valence-corrected chi connectivity index (χ4v) is 5.14. The number of hydrogen-bond acceptors (Lipinski definition) is 4. The number of benzene rings is 2. The number of methoxy groups -OCH3 is 1. The highest BCUT2D eigenvalue weighted by Gasteiger charge is 2.50. The second-order valence-electron chi connectivity index (χ2n) is 8.33. The van der Waals surface area contributed by atoms with Gasteiger partial charge >= 0.3 is 0 Å². The summed E-state index contributed by atoms with van der Waals surface area (Å²) >= 11 is 6.19. The molecule has 3 aliphatic rings. The van der Waals surface area contributed by atoms with Crippen molar-refractivity contribution in [1.82, 2.24) is 10.6 Å². The number of ether oxygens (including phenoxy) is 1. The van der Waals surface area contributed by atoms with Gasteiger partial charge in [-0.1, -0.05) is 23.7 Å². The Kier molecular flexibility index (Phi) is 4.77. The van der Waals surface area contributed by atoms with Crippen LogP contribution in [0.15, 0.2) is 36.4 Å². The van der Waals surface area contributed by atoms with Gasteiger partial charge in [-0.25, -0.2) is 0 Å². The Hall–Kier alpha value is -2.08. The quantitative estimate of drug-likeness (QED) is 0.789. The van der Waals surface area contributed by atoms with Crippen molar-refractivity contribution < 1.29 is 9.53 Å². The summed E-state index contributed by atoms with van der Waals surface area (Å²) in [4.78, 5) is 14.3. The van der Waals surface area contributed by atoms with Gasteiger partial charge in [-0.2, -0.15) is 0 Å². The van der Waals surface area contributed by atoms with E-state index in [-0.39, 0.29) is 17.9 Å². The number of fused-ring (bicyclic) bond motifs is 3. The maximum atomic E-state index is 12.4. The molecule has 2 heterocycles. The summed E-state index contributed by atoms with van der Waals surface area (Å²) in [6, 6.07) is 12.9. The van der Waals surface area contributed by atoms with Gasteiger partial charge in [0.05, 0.1) is 7.11 Å². The van der Waals surface area contributed by atoms with Crippen molar-refractivity contribution in [1.29, 1.82) is 0 Å². The standard InChI is InChI=1S/C23H26ClN3O2/c1-27-20-9-14(21(29-2)11-17(20)16-10-18(16)23(27)28)12-26-19-6-7-25-22(19)13-4-3-5-15(24)8-13/h3-5,8-9,11,16,18-19,22,25-26H,6-7,10,12H2,1-2H3/t16?,18?,19-,22-/m0/s1. The van der Waals surface area contributed by atoms with Crippen molar-refractivity contribution in [2.45, 2.75) is 37.4 Å². The monoisotopic (exact) mass is 411 g/mol. The molecule has 1 saturated carbocycles. The lowest BCUT2D eigenvalue weighted by molar-refractivity contribution is -0.119. The summed E-state index contributed by atoms with van der Waals surface area (Å²) in [5.41, 5.74) is 4.57. The number of hydrogen-bond donors (Lipinski definition) is 2. The molecule has 0 spiro atoms. The van der Waals surface area contributed by atoms with E-state index in [0.29, 0.717) is 18.5 Å². The summed E-state index contributed by atoms with van der Waals surface area (Å²) in [5.74, 6) is 1.68. The first-order valence-corrected chi connectivity index (χ1v) is 10.6. The Morgan fingerprint density at radius 2 is 2.14 bits per heavy atom. The zero-order valence-electron chi connectivity index (χ0n) is 16.7. The highest BCUT2D eigenvalue weighted by molar-refractivity contribution is 6.30. The first-order chi connectivity index (χ1) is 14.1. The first kappa shape index (κ1) is 18.9. The number of carbonyl (C=O) groups excluding carboxylic acids is 1. The average molecular weight is 412 g/mol. The van der Waals surface area contributed by atoms with Crippen LogP contribution < -0.4 is 20.3 Å². The number of anilines is 1. The minimum atomic E-state index is 0.171. The molecule has 0 radical (unpaired) electrons. The normalized spacial score (nSPS) is 27.6. The van der Waals surface area contributed by atoms with E-state index < -0.39 is 0 Å². The maximum absolute atomic E-state index is 12.4. The third kappa shape index (κ3) is 3.31. The molecule has 2 aromatic carbocycles. The molecule has 152 valence electrons. The van der Waals surface area contributed by atoms with Gasteiger partial charge in [-0.15, -0.1) is 0 Å². The van der Waals surface area contributed by atoms with Gasteiger partial charge in [-0.3, -0.25) is 4.79 Å². The molecule has 2 unspecified atom stereocenters. The summed E-state index contributed by atoms with van der Waals surface area (Å²) in [5, 5.41) is 8.05. The first-order valence-electron chi connectivity index (χ1n) is 10.3. The Morgan fingerprint density at radius 3 is 2.93 bits per heavy atom. The largest absolute Gasteiger partial charge is 0.496 e. The number of amides is 1. The molecule has 5 rings (SSSR count). The molecular weight excluding hydrogens is 386 g/mol. The van der Waals surface area contributed by atoms with Crippen molar-refractivity contribution in [3.8, 4) is 5.75 Å². The zero-order valence-corrected chi connectivity index (χ0v) is 17.5. The minimum absolute atomic E-state index is 0.171. The maximum Gasteiger partial charge on any atom is 0.230 e. The van der Waals surface area contributed by atoms with Gasteiger partial charge in [0.15, 0.2) is 0 Å². The number of halogens is 1. The molecule has 2 aromatic rings. The molecule has 1 amide bonds. The second-order valence-corrected chi connectivity index (χ2v) is 8.77. The number of nitrogens with zero attached hydrogens (tertiary/aromatic N) is 1. The highest BCUT2D eigenvalue weighted by Crippen LogP contribution is 2.56. The van der Waals surface area contributed by atoms with Crippen LogP contribution in [0.1, 0.15) is 41.5 Å². The predicted molar refractivity (Wildman–Crippen MR) is 115 cm³/mol. The van der Waals surface area contributed by atoms with Crippen LogP contribution in [-0.2, 0) is 11.3 Å². The average Bonchev–Trinajstić information content (AvgIpc) is 3.40. The lowest BCUT2D eigenvalue weighted by atomic mass is 9.97. The third-order valence-electron chi connectivity index (χ3n) is 6.61. The Labute approximate surface area is 176 Å². The smallest absolute Gasteiger partial charge is 0.230 e. The van der Waals surface area contributed by atoms with E-state index in [4.69, 9.17) is 16.3 Å². The Bertz CT molecular complexity index is 963. The van der Waals surface area contributed by atoms with Gasteiger partial charge in [0.1, 0.15) is 5.75 Å². The van der Waals surface area contributed by atoms with Crippen LogP contribution in [0.5, 0.6) is 5.75 Å². The van der Waals surface area contributed by atoms with Crippen molar-refractivity contribution >= 4 is 23.2 Å². The zero-order chi connectivity index (χ0) is 20.1. The molecule has 6 heteroatoms. The summed E-state index contributed by atoms with van der Waals surface area (Å²) < 4.78 is 5.71. The van der Waals surface area contributed by atoms with E-state index in [0.717, 1.165) is 41.4 Å². The van der Waals surface area contributed by atoms with E-state index in [2.05, 4.69) is 28.8 Å². The molecule has 2 fully saturated rings. The second kappa shape index (κ2) is 7.31. The van der Waals surface area contributed by atoms with Crippen molar-refractivity contribution in [2.24, 2.45) is 5.92 Å². The lowest BCUT2D eigenvalue weighted by Crippen LogP contribution is -2.34. The third-order valence-corrected chi connectivity index (χ3v) is 6.85. The fraction of sp³-hybridized carbons (Fsp3) is 0.435. The van der Waals surface area contributed by atoms with Crippen LogP contribution in [-0.4, -0.2) is 32.7 Å². The Morgan fingerprint density at radius 1 is 1.28 bits per heavy atom. The van der Waals surface area contributed by atoms with E-state index in [1.54, 1.807) is 7.11 Å². The summed E-state index contributed by atoms with van der Waals surface area (Å²) in [6.45, 7) is 1.66. The fourth-order valence-electron chi connectivity index (χ4n) is 4.94. The highest BCUT2D eigenvalue weighted by atomic mass is 35.5. The lowest BCUT2D eigenvalue weighted by Gasteiger charge is -2.28. The SMILES string of the molecule is COc1cc2c(cc1CN[C@H]1CCN[C@H]1c1cccc(Cl)c1)N(C)C(=O)C1CC21. The molecular formula is C23H26ClN3O2. The number of carbonyl (C=O) groups is 1. The van der Waals surface area contributed by atoms with E-state index in [1.165, 1.54) is 11.1 Å². The molecule has 0 aromatic heterocycles. The van der Waals surface area contributed by atoms with Gasteiger partial charge < -0.3 is 20.3 Å². The molecule has 2 aliphatic heterocycles. The van der Waals surface area contributed by atoms with E-state index in [9.17, 15) is 4.79 Å². The van der Waals surface area contributed by atoms with E-state index >= 15 is 0 Å². The number of nitrogens with one attached hydrogen (secondary N) is 2. The van der Waals surface area contributed by atoms with Crippen LogP contribution in [0.4, 0.5) is 5.69 Å². The summed E-state index contributed by atoms with van der Waals surface area (Å²) in [6.07, 6.45) is 2.01. The molecule has 5 nitrogen and oxygen atoms in total. The van der Waals surface area contributed by atoms with E-state index in [1.807, 2.05) is 30.1 Å². The van der Waals surface area contributed by atoms with Gasteiger partial charge in [-0.05, 0) is 60.7 Å². The van der Waals surface area contributed by atoms with Gasteiger partial charge in [0, 0.05) is 47.9 Å². The van der Waals surface area contributed by atoms with Crippen molar-refractivity contribution in [3.63, 3.8) is 0 Å². The summed E-state index contributed by atoms with van der Waals surface area (Å²) in [7, 11) is 3.61. The van der Waals surface area contributed by atoms with Crippen LogP contribution in [0.2, 0.25) is 5.02 Å². The molecule has 29 heavy (non-hydrogen) atoms. The Balaban J connectivity index is 1.37. The molecule has 2 N–H and O–H groups in total. The van der Waals surface area contributed by atoms with Crippen molar-refractivity contribution in [3.05, 3.63) is 58.1 Å². The van der Waals surface area contributed by atoms with Crippen LogP contribution >= 0.6 is 11.6 Å². The molecule has 0 bridgehead atoms. The topological polar surface area (TPSA) is 53.6 Å². The van der Waals surface area contributed by atoms with Crippen LogP contribution in [0, 0.1) is 5.92 Å². The van der Waals surface area contributed by atoms with Gasteiger partial charge in [0.25, 0.3) is 0 Å². The molecule has 1 saturated heterocycles. The van der Waals surface area contributed by atoms with Crippen molar-refractivity contribution in [2.75, 3.05) is 25.6 Å². The number of rotatable bonds is 5. The predicted octanol–water partition coefficient (Wildman–Crippen LogP) is 3.62. The molecule has 4 atom stereocenters. The minimum Gasteiger partial charge on any atom is -0.496 e.